The third-order valence-corrected chi connectivity index (χ3v) is 4.17. The fraction of sp³-hybridized carbons (Fsp3) is 0.0526. The average Bonchev–Trinajstić information content (AvgIpc) is 3.07. The summed E-state index contributed by atoms with van der Waals surface area (Å²) in [4.78, 5) is 17.0. The van der Waals surface area contributed by atoms with Gasteiger partial charge in [-0.15, -0.1) is 0 Å². The third kappa shape index (κ3) is 3.27. The van der Waals surface area contributed by atoms with Crippen molar-refractivity contribution < 1.29 is 0 Å². The van der Waals surface area contributed by atoms with Gasteiger partial charge in [0, 0.05) is 5.02 Å². The minimum atomic E-state index is -0.264. The molecule has 0 atom stereocenters. The Morgan fingerprint density at radius 3 is 2.62 bits per heavy atom. The lowest BCUT2D eigenvalue weighted by Gasteiger charge is -2.03. The molecule has 0 aliphatic heterocycles. The predicted molar refractivity (Wildman–Crippen MR) is 102 cm³/mol. The van der Waals surface area contributed by atoms with E-state index >= 15 is 0 Å². The second-order valence-electron chi connectivity index (χ2n) is 5.72. The first kappa shape index (κ1) is 16.2. The minimum absolute atomic E-state index is 0.264. The highest BCUT2D eigenvalue weighted by atomic mass is 35.5. The van der Waals surface area contributed by atoms with E-state index in [4.69, 9.17) is 11.6 Å². The fourth-order valence-corrected chi connectivity index (χ4v) is 2.71. The van der Waals surface area contributed by atoms with Gasteiger partial charge in [-0.2, -0.15) is 14.9 Å². The van der Waals surface area contributed by atoms with E-state index in [0.717, 1.165) is 11.1 Å². The van der Waals surface area contributed by atoms with E-state index < -0.39 is 0 Å². The monoisotopic (exact) mass is 363 g/mol. The van der Waals surface area contributed by atoms with Crippen molar-refractivity contribution in [2.75, 3.05) is 0 Å². The Labute approximate surface area is 154 Å². The maximum absolute atomic E-state index is 12.6. The normalized spacial score (nSPS) is 11.4. The Morgan fingerprint density at radius 2 is 1.85 bits per heavy atom. The Hall–Kier alpha value is -3.25. The van der Waals surface area contributed by atoms with Gasteiger partial charge in [0.25, 0.3) is 5.56 Å². The molecule has 0 aliphatic rings. The number of nitrogens with zero attached hydrogens (tertiary/aromatic N) is 5. The van der Waals surface area contributed by atoms with E-state index in [1.54, 1.807) is 23.0 Å². The van der Waals surface area contributed by atoms with E-state index in [2.05, 4.69) is 15.2 Å². The van der Waals surface area contributed by atoms with Crippen molar-refractivity contribution in [1.82, 2.24) is 19.4 Å². The number of hydrogen-bond donors (Lipinski definition) is 0. The quantitative estimate of drug-likeness (QED) is 0.523. The summed E-state index contributed by atoms with van der Waals surface area (Å²) in [5.74, 6) is 0. The molecule has 0 bridgehead atoms. The van der Waals surface area contributed by atoms with Crippen LogP contribution < -0.4 is 5.56 Å². The molecule has 0 amide bonds. The number of benzene rings is 2. The van der Waals surface area contributed by atoms with E-state index in [0.29, 0.717) is 22.6 Å². The van der Waals surface area contributed by atoms with Crippen LogP contribution in [0.4, 0.5) is 0 Å². The van der Waals surface area contributed by atoms with E-state index in [9.17, 15) is 4.79 Å². The minimum Gasteiger partial charge on any atom is -0.266 e. The summed E-state index contributed by atoms with van der Waals surface area (Å²) < 4.78 is 2.91. The smallest absolute Gasteiger partial charge is 0.266 e. The molecule has 0 fully saturated rings. The highest BCUT2D eigenvalue weighted by molar-refractivity contribution is 6.30. The first-order valence-corrected chi connectivity index (χ1v) is 8.35. The molecule has 4 aromatic rings. The summed E-state index contributed by atoms with van der Waals surface area (Å²) in [7, 11) is 0. The Morgan fingerprint density at radius 1 is 1.08 bits per heavy atom. The maximum Gasteiger partial charge on any atom is 0.285 e. The summed E-state index contributed by atoms with van der Waals surface area (Å²) >= 11 is 5.86. The molecule has 0 spiro atoms. The highest BCUT2D eigenvalue weighted by Gasteiger charge is 2.10. The van der Waals surface area contributed by atoms with Gasteiger partial charge in [-0.3, -0.25) is 4.79 Å². The molecule has 26 heavy (non-hydrogen) atoms. The van der Waals surface area contributed by atoms with Crippen molar-refractivity contribution in [3.05, 3.63) is 93.6 Å². The molecule has 0 aliphatic carbocycles. The van der Waals surface area contributed by atoms with Crippen molar-refractivity contribution in [3.63, 3.8) is 0 Å². The molecule has 2 heterocycles. The molecule has 0 unspecified atom stereocenters. The van der Waals surface area contributed by atoms with Gasteiger partial charge in [0.2, 0.25) is 0 Å². The molecule has 2 aromatic carbocycles. The van der Waals surface area contributed by atoms with Crippen LogP contribution in [0.5, 0.6) is 0 Å². The largest absolute Gasteiger partial charge is 0.285 e. The van der Waals surface area contributed by atoms with Crippen LogP contribution in [-0.2, 0) is 6.54 Å². The number of halogens is 1. The molecule has 2 aromatic heterocycles. The van der Waals surface area contributed by atoms with Gasteiger partial charge in [-0.05, 0) is 23.3 Å². The third-order valence-electron chi connectivity index (χ3n) is 3.92. The summed E-state index contributed by atoms with van der Waals surface area (Å²) in [6.45, 7) is 0.550. The Bertz CT molecular complexity index is 1130. The van der Waals surface area contributed by atoms with Crippen LogP contribution in [0.2, 0.25) is 5.02 Å². The van der Waals surface area contributed by atoms with Crippen LogP contribution in [0.25, 0.3) is 11.0 Å². The lowest BCUT2D eigenvalue weighted by atomic mass is 10.2. The lowest BCUT2D eigenvalue weighted by Crippen LogP contribution is -2.17. The van der Waals surface area contributed by atoms with Gasteiger partial charge in [-0.1, -0.05) is 54.1 Å². The van der Waals surface area contributed by atoms with E-state index in [1.165, 1.54) is 17.2 Å². The molecule has 7 heteroatoms. The lowest BCUT2D eigenvalue weighted by molar-refractivity contribution is 0.700. The summed E-state index contributed by atoms with van der Waals surface area (Å²) in [5.41, 5.74) is 2.20. The molecule has 128 valence electrons. The van der Waals surface area contributed by atoms with Gasteiger partial charge in [0.05, 0.1) is 19.0 Å². The Balaban J connectivity index is 1.65. The van der Waals surface area contributed by atoms with Crippen molar-refractivity contribution >= 4 is 28.8 Å². The topological polar surface area (TPSA) is 65.1 Å². The molecular formula is C19H14ClN5O. The Kier molecular flexibility index (Phi) is 4.33. The van der Waals surface area contributed by atoms with Gasteiger partial charge in [0.15, 0.2) is 5.65 Å². The summed E-state index contributed by atoms with van der Waals surface area (Å²) in [5, 5.41) is 9.55. The van der Waals surface area contributed by atoms with Gasteiger partial charge >= 0.3 is 0 Å². The van der Waals surface area contributed by atoms with Crippen LogP contribution in [0.15, 0.2) is 77.0 Å². The van der Waals surface area contributed by atoms with Crippen LogP contribution in [0.1, 0.15) is 11.1 Å². The summed E-state index contributed by atoms with van der Waals surface area (Å²) in [6, 6.07) is 17.1. The van der Waals surface area contributed by atoms with Crippen LogP contribution in [-0.4, -0.2) is 25.7 Å². The van der Waals surface area contributed by atoms with Gasteiger partial charge in [-0.25, -0.2) is 9.67 Å². The van der Waals surface area contributed by atoms with Crippen molar-refractivity contribution in [2.45, 2.75) is 6.54 Å². The fourth-order valence-electron chi connectivity index (χ4n) is 2.58. The van der Waals surface area contributed by atoms with Crippen molar-refractivity contribution in [1.29, 1.82) is 0 Å². The zero-order valence-electron chi connectivity index (χ0n) is 13.7. The molecule has 4 rings (SSSR count). The molecule has 0 N–H and O–H groups in total. The van der Waals surface area contributed by atoms with Crippen LogP contribution >= 0.6 is 11.6 Å². The standard InChI is InChI=1S/C19H14ClN5O/c20-16-8-6-14(7-9-16)10-22-25-13-21-18-17(19(25)26)11-23-24(18)12-15-4-2-1-3-5-15/h1-11,13H,12H2/b22-10+. The molecule has 0 saturated heterocycles. The average molecular weight is 364 g/mol. The van der Waals surface area contributed by atoms with Gasteiger partial charge in [0.1, 0.15) is 11.7 Å². The number of hydrogen-bond acceptors (Lipinski definition) is 4. The van der Waals surface area contributed by atoms with Crippen molar-refractivity contribution in [2.24, 2.45) is 5.10 Å². The first-order valence-electron chi connectivity index (χ1n) is 7.98. The number of fused-ring (bicyclic) bond motifs is 1. The molecule has 0 saturated carbocycles. The summed E-state index contributed by atoms with van der Waals surface area (Å²) in [6.07, 6.45) is 4.52. The van der Waals surface area contributed by atoms with Gasteiger partial charge < -0.3 is 0 Å². The number of aromatic nitrogens is 4. The highest BCUT2D eigenvalue weighted by Crippen LogP contribution is 2.10. The van der Waals surface area contributed by atoms with Crippen LogP contribution in [0, 0.1) is 0 Å². The molecule has 6 nitrogen and oxygen atoms in total. The second kappa shape index (κ2) is 6.93. The predicted octanol–water partition coefficient (Wildman–Crippen LogP) is 3.18. The molecule has 0 radical (unpaired) electrons. The SMILES string of the molecule is O=c1c2cnn(Cc3ccccc3)c2ncn1/N=C/c1ccc(Cl)cc1. The second-order valence-corrected chi connectivity index (χ2v) is 6.15. The van der Waals surface area contributed by atoms with E-state index in [-0.39, 0.29) is 5.56 Å². The first-order chi connectivity index (χ1) is 12.7. The number of rotatable bonds is 4. The van der Waals surface area contributed by atoms with E-state index in [1.807, 2.05) is 42.5 Å². The van der Waals surface area contributed by atoms with Crippen molar-refractivity contribution in [3.8, 4) is 0 Å². The molecular weight excluding hydrogens is 350 g/mol. The zero-order valence-corrected chi connectivity index (χ0v) is 14.4. The van der Waals surface area contributed by atoms with Crippen LogP contribution in [0.3, 0.4) is 0 Å². The maximum atomic E-state index is 12.6. The zero-order chi connectivity index (χ0) is 17.9.